The molecule has 0 radical (unpaired) electrons. The van der Waals surface area contributed by atoms with Gasteiger partial charge < -0.3 is 15.2 Å². The molecule has 1 aliphatic carbocycles. The number of rotatable bonds is 7. The Bertz CT molecular complexity index is 986. The van der Waals surface area contributed by atoms with Crippen LogP contribution in [0, 0.1) is 17.5 Å². The van der Waals surface area contributed by atoms with E-state index in [-0.39, 0.29) is 16.9 Å². The van der Waals surface area contributed by atoms with E-state index in [1.165, 1.54) is 13.0 Å². The monoisotopic (exact) mass is 447 g/mol. The number of amides is 1. The van der Waals surface area contributed by atoms with Gasteiger partial charge in [0.25, 0.3) is 0 Å². The fraction of sp³-hybridized carbons (Fsp3) is 0.381. The van der Waals surface area contributed by atoms with E-state index in [1.54, 1.807) is 0 Å². The van der Waals surface area contributed by atoms with Gasteiger partial charge >= 0.3 is 6.18 Å². The minimum absolute atomic E-state index is 0.214. The lowest BCUT2D eigenvalue weighted by Gasteiger charge is -2.26. The summed E-state index contributed by atoms with van der Waals surface area (Å²) in [4.78, 5) is 12.5. The molecule has 0 aliphatic heterocycles. The molecule has 1 fully saturated rings. The molecule has 1 aliphatic rings. The Kier molecular flexibility index (Phi) is 5.96. The van der Waals surface area contributed by atoms with Crippen LogP contribution in [0.1, 0.15) is 37.3 Å². The fourth-order valence-corrected chi connectivity index (χ4v) is 3.34. The predicted molar refractivity (Wildman–Crippen MR) is 97.6 cm³/mol. The van der Waals surface area contributed by atoms with E-state index in [9.17, 15) is 36.2 Å². The summed E-state index contributed by atoms with van der Waals surface area (Å²) >= 11 is 0. The number of ether oxygens (including phenoxy) is 1. The highest BCUT2D eigenvalue weighted by molar-refractivity contribution is 5.79. The third kappa shape index (κ3) is 5.69. The van der Waals surface area contributed by atoms with E-state index in [2.05, 4.69) is 10.1 Å². The Morgan fingerprint density at radius 1 is 1.10 bits per heavy atom. The summed E-state index contributed by atoms with van der Waals surface area (Å²) in [5.41, 5.74) is -3.05. The van der Waals surface area contributed by atoms with Crippen LogP contribution in [0.2, 0.25) is 0 Å². The van der Waals surface area contributed by atoms with Crippen molar-refractivity contribution in [3.05, 3.63) is 65.0 Å². The summed E-state index contributed by atoms with van der Waals surface area (Å²) in [6.45, 7) is -0.408. The lowest BCUT2D eigenvalue weighted by atomic mass is 9.91. The molecule has 10 heteroatoms. The summed E-state index contributed by atoms with van der Waals surface area (Å²) in [7, 11) is 0. The maximum absolute atomic E-state index is 14.0. The number of benzene rings is 2. The zero-order valence-electron chi connectivity index (χ0n) is 16.3. The van der Waals surface area contributed by atoms with Crippen LogP contribution in [-0.2, 0) is 15.9 Å². The summed E-state index contributed by atoms with van der Waals surface area (Å²) in [5.74, 6) is -3.74. The zero-order chi connectivity index (χ0) is 23.0. The van der Waals surface area contributed by atoms with Gasteiger partial charge in [0.15, 0.2) is 6.61 Å². The van der Waals surface area contributed by atoms with Crippen LogP contribution in [0.4, 0.5) is 26.3 Å². The van der Waals surface area contributed by atoms with Crippen LogP contribution in [0.5, 0.6) is 5.75 Å². The minimum atomic E-state index is -4.60. The average Bonchev–Trinajstić information content (AvgIpc) is 3.38. The molecule has 0 spiro atoms. The van der Waals surface area contributed by atoms with E-state index in [1.807, 2.05) is 0 Å². The summed E-state index contributed by atoms with van der Waals surface area (Å²) < 4.78 is 82.7. The Balaban J connectivity index is 1.73. The topological polar surface area (TPSA) is 58.6 Å². The van der Waals surface area contributed by atoms with Crippen molar-refractivity contribution < 1.29 is 41.0 Å². The molecule has 1 amide bonds. The molecule has 2 N–H and O–H groups in total. The SMILES string of the molecule is CC(O)(CC(=O)NC1(c2cc(F)cc(OCC(F)(F)F)c2)CC1)c1ccc(F)cc1F. The highest BCUT2D eigenvalue weighted by Crippen LogP contribution is 2.47. The number of alkyl halides is 3. The lowest BCUT2D eigenvalue weighted by Crippen LogP contribution is -2.39. The number of halogens is 6. The molecule has 1 saturated carbocycles. The molecule has 4 nitrogen and oxygen atoms in total. The lowest BCUT2D eigenvalue weighted by molar-refractivity contribution is -0.153. The van der Waals surface area contributed by atoms with E-state index < -0.39 is 53.7 Å². The van der Waals surface area contributed by atoms with Crippen LogP contribution in [0.3, 0.4) is 0 Å². The predicted octanol–water partition coefficient (Wildman–Crippen LogP) is 4.45. The molecule has 0 heterocycles. The molecule has 2 aromatic rings. The second kappa shape index (κ2) is 8.07. The van der Waals surface area contributed by atoms with Gasteiger partial charge in [0.2, 0.25) is 5.91 Å². The van der Waals surface area contributed by atoms with Crippen molar-refractivity contribution in [1.82, 2.24) is 5.32 Å². The van der Waals surface area contributed by atoms with Crippen LogP contribution in [0.25, 0.3) is 0 Å². The van der Waals surface area contributed by atoms with Crippen LogP contribution in [-0.4, -0.2) is 23.8 Å². The Hall–Kier alpha value is -2.75. The first-order valence-corrected chi connectivity index (χ1v) is 9.29. The second-order valence-corrected chi connectivity index (χ2v) is 7.78. The quantitative estimate of drug-likeness (QED) is 0.617. The normalized spacial score (nSPS) is 17.0. The van der Waals surface area contributed by atoms with E-state index in [4.69, 9.17) is 0 Å². The van der Waals surface area contributed by atoms with Gasteiger partial charge in [-0.1, -0.05) is 6.07 Å². The molecule has 0 bridgehead atoms. The van der Waals surface area contributed by atoms with Crippen molar-refractivity contribution in [2.45, 2.75) is 43.5 Å². The Morgan fingerprint density at radius 3 is 2.35 bits per heavy atom. The van der Waals surface area contributed by atoms with Gasteiger partial charge in [-0.15, -0.1) is 0 Å². The van der Waals surface area contributed by atoms with Gasteiger partial charge in [-0.2, -0.15) is 13.2 Å². The number of carbonyl (C=O) groups excluding carboxylic acids is 1. The third-order valence-electron chi connectivity index (χ3n) is 4.97. The minimum Gasteiger partial charge on any atom is -0.484 e. The molecular weight excluding hydrogens is 428 g/mol. The van der Waals surface area contributed by atoms with Gasteiger partial charge in [0.1, 0.15) is 23.2 Å². The van der Waals surface area contributed by atoms with E-state index in [0.717, 1.165) is 24.3 Å². The third-order valence-corrected chi connectivity index (χ3v) is 4.97. The smallest absolute Gasteiger partial charge is 0.422 e. The number of carbonyl (C=O) groups is 1. The molecule has 3 rings (SSSR count). The van der Waals surface area contributed by atoms with Gasteiger partial charge in [-0.05, 0) is 43.5 Å². The molecule has 0 aromatic heterocycles. The zero-order valence-corrected chi connectivity index (χ0v) is 16.3. The highest BCUT2D eigenvalue weighted by atomic mass is 19.4. The first kappa shape index (κ1) is 22.9. The van der Waals surface area contributed by atoms with Crippen LogP contribution >= 0.6 is 0 Å². The molecular formula is C21H19F6NO3. The van der Waals surface area contributed by atoms with E-state index in [0.29, 0.717) is 18.9 Å². The summed E-state index contributed by atoms with van der Waals surface area (Å²) in [6.07, 6.45) is -4.41. The van der Waals surface area contributed by atoms with Crippen molar-refractivity contribution in [3.63, 3.8) is 0 Å². The highest BCUT2D eigenvalue weighted by Gasteiger charge is 2.47. The standard InChI is InChI=1S/C21H19F6NO3/c1-19(30,16-3-2-13(22)9-17(16)24)10-18(29)28-20(4-5-20)12-6-14(23)8-15(7-12)31-11-21(25,26)27/h2-3,6-9,30H,4-5,10-11H2,1H3,(H,28,29). The molecule has 168 valence electrons. The van der Waals surface area contributed by atoms with E-state index >= 15 is 0 Å². The van der Waals surface area contributed by atoms with Crippen molar-refractivity contribution in [3.8, 4) is 5.75 Å². The van der Waals surface area contributed by atoms with Crippen molar-refractivity contribution >= 4 is 5.91 Å². The molecule has 2 aromatic carbocycles. The first-order chi connectivity index (χ1) is 14.3. The van der Waals surface area contributed by atoms with Crippen LogP contribution in [0.15, 0.2) is 36.4 Å². The molecule has 31 heavy (non-hydrogen) atoms. The largest absolute Gasteiger partial charge is 0.484 e. The fourth-order valence-electron chi connectivity index (χ4n) is 3.34. The number of nitrogens with one attached hydrogen (secondary N) is 1. The molecule has 0 saturated heterocycles. The maximum Gasteiger partial charge on any atom is 0.422 e. The Labute approximate surface area is 173 Å². The maximum atomic E-state index is 14.0. The number of aliphatic hydroxyl groups is 1. The van der Waals surface area contributed by atoms with Crippen LogP contribution < -0.4 is 10.1 Å². The van der Waals surface area contributed by atoms with Crippen molar-refractivity contribution in [2.24, 2.45) is 0 Å². The van der Waals surface area contributed by atoms with Gasteiger partial charge in [0.05, 0.1) is 17.6 Å². The van der Waals surface area contributed by atoms with Gasteiger partial charge in [0, 0.05) is 17.7 Å². The number of hydrogen-bond donors (Lipinski definition) is 2. The Morgan fingerprint density at radius 2 is 1.77 bits per heavy atom. The van der Waals surface area contributed by atoms with Crippen molar-refractivity contribution in [1.29, 1.82) is 0 Å². The average molecular weight is 447 g/mol. The number of hydrogen-bond acceptors (Lipinski definition) is 3. The molecule has 1 atom stereocenters. The second-order valence-electron chi connectivity index (χ2n) is 7.78. The van der Waals surface area contributed by atoms with Gasteiger partial charge in [-0.3, -0.25) is 4.79 Å². The first-order valence-electron chi connectivity index (χ1n) is 9.29. The molecule has 1 unspecified atom stereocenters. The van der Waals surface area contributed by atoms with Gasteiger partial charge in [-0.25, -0.2) is 13.2 Å². The summed E-state index contributed by atoms with van der Waals surface area (Å²) in [6, 6.07) is 5.64. The van der Waals surface area contributed by atoms with Crippen molar-refractivity contribution in [2.75, 3.05) is 6.61 Å². The summed E-state index contributed by atoms with van der Waals surface area (Å²) in [5, 5.41) is 13.2.